The van der Waals surface area contributed by atoms with Crippen LogP contribution in [-0.4, -0.2) is 19.6 Å². The summed E-state index contributed by atoms with van der Waals surface area (Å²) in [5, 5.41) is 4.05. The van der Waals surface area contributed by atoms with Gasteiger partial charge in [0.25, 0.3) is 0 Å². The minimum Gasteiger partial charge on any atom is -0.256 e. The number of aromatic nitrogens is 4. The first-order valence-electron chi connectivity index (χ1n) is 7.86. The normalized spacial score (nSPS) is 11.8. The summed E-state index contributed by atoms with van der Waals surface area (Å²) in [6.07, 6.45) is 0.375. The Labute approximate surface area is 147 Å². The zero-order chi connectivity index (χ0) is 18.3. The lowest BCUT2D eigenvalue weighted by molar-refractivity contribution is -0.137. The Morgan fingerprint density at radius 2 is 1.81 bits per heavy atom. The van der Waals surface area contributed by atoms with E-state index in [-0.39, 0.29) is 0 Å². The number of alkyl halides is 3. The molecule has 4 aromatic rings. The molecule has 130 valence electrons. The number of nitrogens with zero attached hydrogens (tertiary/aromatic N) is 4. The minimum absolute atomic E-state index is 0.455. The number of hydrogen-bond acceptors (Lipinski definition) is 3. The number of pyridine rings is 2. The van der Waals surface area contributed by atoms with Gasteiger partial charge in [0, 0.05) is 23.5 Å². The lowest BCUT2D eigenvalue weighted by Gasteiger charge is -2.14. The van der Waals surface area contributed by atoms with Gasteiger partial charge in [-0.25, -0.2) is 9.50 Å². The zero-order valence-corrected chi connectivity index (χ0v) is 13.7. The van der Waals surface area contributed by atoms with Crippen LogP contribution in [0.3, 0.4) is 0 Å². The van der Waals surface area contributed by atoms with Gasteiger partial charge in [-0.15, -0.1) is 0 Å². The van der Waals surface area contributed by atoms with Gasteiger partial charge >= 0.3 is 6.18 Å². The van der Waals surface area contributed by atoms with Crippen molar-refractivity contribution in [2.24, 2.45) is 0 Å². The molecule has 3 heterocycles. The predicted octanol–water partition coefficient (Wildman–Crippen LogP) is 4.79. The summed E-state index contributed by atoms with van der Waals surface area (Å²) in [5.74, 6) is 0. The first kappa shape index (κ1) is 16.3. The molecule has 0 amide bonds. The highest BCUT2D eigenvalue weighted by Gasteiger charge is 2.31. The maximum atomic E-state index is 13.1. The standard InChI is InChI=1S/C19H13F3N4/c1-12-4-5-14(19(20,21)22)10-16(12)18-15(3-2-7-23-18)13-6-8-26-17(9-13)24-11-25-26/h2-11H,1H3. The number of hydrogen-bond donors (Lipinski definition) is 0. The van der Waals surface area contributed by atoms with Gasteiger partial charge in [-0.3, -0.25) is 4.98 Å². The molecule has 4 rings (SSSR count). The highest BCUT2D eigenvalue weighted by molar-refractivity contribution is 5.83. The summed E-state index contributed by atoms with van der Waals surface area (Å²) in [6.45, 7) is 1.77. The topological polar surface area (TPSA) is 43.1 Å². The molecule has 0 N–H and O–H groups in total. The molecule has 0 saturated heterocycles. The molecule has 0 atom stereocenters. The monoisotopic (exact) mass is 354 g/mol. The van der Waals surface area contributed by atoms with Crippen LogP contribution in [0.4, 0.5) is 13.2 Å². The number of rotatable bonds is 2. The number of aryl methyl sites for hydroxylation is 1. The fourth-order valence-electron chi connectivity index (χ4n) is 2.89. The number of fused-ring (bicyclic) bond motifs is 1. The summed E-state index contributed by atoms with van der Waals surface area (Å²) < 4.78 is 41.0. The Hall–Kier alpha value is -3.22. The van der Waals surface area contributed by atoms with Crippen LogP contribution in [0.15, 0.2) is 61.2 Å². The van der Waals surface area contributed by atoms with Crippen molar-refractivity contribution in [2.75, 3.05) is 0 Å². The van der Waals surface area contributed by atoms with Gasteiger partial charge < -0.3 is 0 Å². The fourth-order valence-corrected chi connectivity index (χ4v) is 2.89. The van der Waals surface area contributed by atoms with E-state index in [4.69, 9.17) is 0 Å². The Morgan fingerprint density at radius 1 is 0.962 bits per heavy atom. The summed E-state index contributed by atoms with van der Waals surface area (Å²) in [4.78, 5) is 8.52. The van der Waals surface area contributed by atoms with E-state index in [0.717, 1.165) is 28.8 Å². The third-order valence-electron chi connectivity index (χ3n) is 4.22. The van der Waals surface area contributed by atoms with Crippen LogP contribution in [0.25, 0.3) is 28.0 Å². The molecule has 1 aromatic carbocycles. The Morgan fingerprint density at radius 3 is 2.62 bits per heavy atom. The van der Waals surface area contributed by atoms with Crippen molar-refractivity contribution < 1.29 is 13.2 Å². The van der Waals surface area contributed by atoms with E-state index in [9.17, 15) is 13.2 Å². The molecule has 4 nitrogen and oxygen atoms in total. The molecule has 0 aliphatic heterocycles. The molecule has 0 saturated carbocycles. The predicted molar refractivity (Wildman–Crippen MR) is 91.4 cm³/mol. The van der Waals surface area contributed by atoms with Crippen LogP contribution < -0.4 is 0 Å². The van der Waals surface area contributed by atoms with Gasteiger partial charge in [0.05, 0.1) is 11.3 Å². The molecule has 0 spiro atoms. The van der Waals surface area contributed by atoms with Crippen molar-refractivity contribution in [3.63, 3.8) is 0 Å². The van der Waals surface area contributed by atoms with Crippen LogP contribution >= 0.6 is 0 Å². The number of benzene rings is 1. The largest absolute Gasteiger partial charge is 0.416 e. The molecule has 3 aromatic heterocycles. The second-order valence-electron chi connectivity index (χ2n) is 5.91. The first-order chi connectivity index (χ1) is 12.4. The Balaban J connectivity index is 1.91. The van der Waals surface area contributed by atoms with Gasteiger partial charge in [-0.1, -0.05) is 12.1 Å². The van der Waals surface area contributed by atoms with Crippen molar-refractivity contribution in [1.29, 1.82) is 0 Å². The lowest BCUT2D eigenvalue weighted by Crippen LogP contribution is -2.05. The fraction of sp³-hybridized carbons (Fsp3) is 0.105. The Bertz CT molecular complexity index is 1100. The Kier molecular flexibility index (Phi) is 3.72. The minimum atomic E-state index is -4.40. The molecular formula is C19H13F3N4. The molecule has 0 radical (unpaired) electrons. The third-order valence-corrected chi connectivity index (χ3v) is 4.22. The zero-order valence-electron chi connectivity index (χ0n) is 13.7. The van der Waals surface area contributed by atoms with E-state index in [2.05, 4.69) is 15.1 Å². The van der Waals surface area contributed by atoms with E-state index in [1.54, 1.807) is 29.9 Å². The average molecular weight is 354 g/mol. The van der Waals surface area contributed by atoms with Crippen molar-refractivity contribution in [3.05, 3.63) is 72.3 Å². The molecule has 0 aliphatic rings. The average Bonchev–Trinajstić information content (AvgIpc) is 3.09. The van der Waals surface area contributed by atoms with Crippen LogP contribution in [0.2, 0.25) is 0 Å². The molecule has 7 heteroatoms. The summed E-state index contributed by atoms with van der Waals surface area (Å²) in [5.41, 5.74) is 3.18. The van der Waals surface area contributed by atoms with Crippen LogP contribution in [0.5, 0.6) is 0 Å². The number of halogens is 3. The molecule has 0 bridgehead atoms. The van der Waals surface area contributed by atoms with Crippen LogP contribution in [0, 0.1) is 6.92 Å². The quantitative estimate of drug-likeness (QED) is 0.520. The van der Waals surface area contributed by atoms with Crippen molar-refractivity contribution >= 4 is 5.65 Å². The molecular weight excluding hydrogens is 341 g/mol. The van der Waals surface area contributed by atoms with E-state index < -0.39 is 11.7 Å². The maximum absolute atomic E-state index is 13.1. The van der Waals surface area contributed by atoms with Crippen LogP contribution in [0.1, 0.15) is 11.1 Å². The van der Waals surface area contributed by atoms with Crippen molar-refractivity contribution in [2.45, 2.75) is 13.1 Å². The van der Waals surface area contributed by atoms with Gasteiger partial charge in [-0.05, 0) is 48.4 Å². The van der Waals surface area contributed by atoms with E-state index >= 15 is 0 Å². The first-order valence-corrected chi connectivity index (χ1v) is 7.86. The van der Waals surface area contributed by atoms with Crippen molar-refractivity contribution in [1.82, 2.24) is 19.6 Å². The second-order valence-corrected chi connectivity index (χ2v) is 5.91. The second kappa shape index (κ2) is 5.94. The van der Waals surface area contributed by atoms with Crippen LogP contribution in [-0.2, 0) is 6.18 Å². The summed E-state index contributed by atoms with van der Waals surface area (Å²) in [6, 6.07) is 11.0. The SMILES string of the molecule is Cc1ccc(C(F)(F)F)cc1-c1ncccc1-c1ccn2ncnc2c1. The third kappa shape index (κ3) is 2.81. The highest BCUT2D eigenvalue weighted by atomic mass is 19.4. The molecule has 0 aliphatic carbocycles. The smallest absolute Gasteiger partial charge is 0.256 e. The van der Waals surface area contributed by atoms with Gasteiger partial charge in [-0.2, -0.15) is 18.3 Å². The van der Waals surface area contributed by atoms with Gasteiger partial charge in [0.2, 0.25) is 0 Å². The van der Waals surface area contributed by atoms with Gasteiger partial charge in [0.15, 0.2) is 5.65 Å². The lowest BCUT2D eigenvalue weighted by atomic mass is 9.95. The molecule has 26 heavy (non-hydrogen) atoms. The van der Waals surface area contributed by atoms with E-state index in [1.807, 2.05) is 18.2 Å². The summed E-state index contributed by atoms with van der Waals surface area (Å²) in [7, 11) is 0. The van der Waals surface area contributed by atoms with E-state index in [0.29, 0.717) is 16.9 Å². The highest BCUT2D eigenvalue weighted by Crippen LogP contribution is 2.36. The molecule has 0 unspecified atom stereocenters. The molecule has 0 fully saturated rings. The maximum Gasteiger partial charge on any atom is 0.416 e. The van der Waals surface area contributed by atoms with Gasteiger partial charge in [0.1, 0.15) is 6.33 Å². The van der Waals surface area contributed by atoms with E-state index in [1.165, 1.54) is 12.4 Å². The summed E-state index contributed by atoms with van der Waals surface area (Å²) >= 11 is 0. The van der Waals surface area contributed by atoms with Crippen molar-refractivity contribution in [3.8, 4) is 22.4 Å².